The van der Waals surface area contributed by atoms with E-state index in [-0.39, 0.29) is 32.2 Å². The predicted octanol–water partition coefficient (Wildman–Crippen LogP) is 17.0. The lowest BCUT2D eigenvalue weighted by atomic mass is 10.0. The van der Waals surface area contributed by atoms with Crippen LogP contribution < -0.4 is 0 Å². The fourth-order valence-electron chi connectivity index (χ4n) is 8.72. The average Bonchev–Trinajstić information content (AvgIpc) is 3.30. The van der Waals surface area contributed by atoms with E-state index in [1.54, 1.807) is 0 Å². The summed E-state index contributed by atoms with van der Waals surface area (Å²) in [6, 6.07) is 0. The summed E-state index contributed by atoms with van der Waals surface area (Å²) in [5, 5.41) is 9.63. The van der Waals surface area contributed by atoms with Gasteiger partial charge in [0.05, 0.1) is 34.4 Å². The number of esters is 2. The van der Waals surface area contributed by atoms with Crippen molar-refractivity contribution in [3.05, 3.63) is 12.2 Å². The number of aliphatic carboxylic acids is 1. The van der Waals surface area contributed by atoms with Gasteiger partial charge in [0.1, 0.15) is 13.2 Å². The van der Waals surface area contributed by atoms with Gasteiger partial charge in [0, 0.05) is 12.8 Å². The van der Waals surface area contributed by atoms with Crippen LogP contribution in [0.4, 0.5) is 0 Å². The van der Waals surface area contributed by atoms with Crippen molar-refractivity contribution in [1.82, 2.24) is 0 Å². The molecule has 0 radical (unpaired) electrons. The number of quaternary nitrogens is 1. The third-order valence-corrected chi connectivity index (χ3v) is 13.3. The zero-order chi connectivity index (χ0) is 49.9. The number of hydrogen-bond donors (Lipinski definition) is 1. The molecule has 0 amide bonds. The van der Waals surface area contributed by atoms with Crippen LogP contribution in [0.3, 0.4) is 0 Å². The highest BCUT2D eigenvalue weighted by Gasteiger charge is 2.25. The van der Waals surface area contributed by atoms with Gasteiger partial charge in [-0.25, -0.2) is 4.79 Å². The summed E-state index contributed by atoms with van der Waals surface area (Å²) in [5.41, 5.74) is 0. The summed E-state index contributed by atoms with van der Waals surface area (Å²) < 4.78 is 22.7. The number of unbranched alkanes of at least 4 members (excludes halogenated alkanes) is 38. The Morgan fingerprint density at radius 3 is 1.09 bits per heavy atom. The van der Waals surface area contributed by atoms with Gasteiger partial charge in [-0.2, -0.15) is 0 Å². The van der Waals surface area contributed by atoms with Crippen molar-refractivity contribution >= 4 is 17.9 Å². The first kappa shape index (κ1) is 66.0. The molecule has 0 aliphatic rings. The highest BCUT2D eigenvalue weighted by atomic mass is 16.7. The predicted molar refractivity (Wildman–Crippen MR) is 286 cm³/mol. The minimum absolute atomic E-state index is 0.176. The standard InChI is InChI=1S/C59H113NO8/c1-6-8-10-12-14-15-16-17-18-19-20-21-22-23-24-25-26-27-28-29-30-31-32-33-34-35-36-37-38-39-40-41-42-43-44-46-48-50-57(62)68-55(53-66-56(61)49-47-45-13-11-9-7-2)54-67-59(58(63)64)65-52-51-60(3,4)5/h19-20,55,59H,6-18,21-54H2,1-5H3/p+1/b20-19-. The van der Waals surface area contributed by atoms with Crippen LogP contribution in [0.15, 0.2) is 12.2 Å². The Balaban J connectivity index is 3.79. The molecule has 0 aliphatic heterocycles. The quantitative estimate of drug-likeness (QED) is 0.0211. The second-order valence-electron chi connectivity index (χ2n) is 21.3. The van der Waals surface area contributed by atoms with E-state index >= 15 is 0 Å². The van der Waals surface area contributed by atoms with Crippen LogP contribution in [-0.4, -0.2) is 87.4 Å². The van der Waals surface area contributed by atoms with Crippen LogP contribution >= 0.6 is 0 Å². The van der Waals surface area contributed by atoms with Crippen molar-refractivity contribution in [3.63, 3.8) is 0 Å². The molecule has 402 valence electrons. The number of hydrogen-bond acceptors (Lipinski definition) is 7. The van der Waals surface area contributed by atoms with Crippen LogP contribution in [0, 0.1) is 0 Å². The number of carbonyl (C=O) groups is 3. The number of carbonyl (C=O) groups excluding carboxylic acids is 2. The lowest BCUT2D eigenvalue weighted by Crippen LogP contribution is -2.40. The Hall–Kier alpha value is -1.97. The summed E-state index contributed by atoms with van der Waals surface area (Å²) >= 11 is 0. The fraction of sp³-hybridized carbons (Fsp3) is 0.915. The monoisotopic (exact) mass is 965 g/mol. The number of nitrogens with zero attached hydrogens (tertiary/aromatic N) is 1. The third kappa shape index (κ3) is 51.9. The Labute approximate surface area is 421 Å². The molecule has 1 N–H and O–H groups in total. The van der Waals surface area contributed by atoms with Gasteiger partial charge in [0.15, 0.2) is 6.10 Å². The number of ether oxygens (including phenoxy) is 4. The molecular weight excluding hydrogens is 851 g/mol. The van der Waals surface area contributed by atoms with Gasteiger partial charge >= 0.3 is 17.9 Å². The molecule has 0 bridgehead atoms. The maximum atomic E-state index is 12.8. The molecule has 0 heterocycles. The zero-order valence-corrected chi connectivity index (χ0v) is 45.8. The van der Waals surface area contributed by atoms with E-state index < -0.39 is 24.3 Å². The topological polar surface area (TPSA) is 108 Å². The molecule has 68 heavy (non-hydrogen) atoms. The van der Waals surface area contributed by atoms with Crippen molar-refractivity contribution in [3.8, 4) is 0 Å². The maximum Gasteiger partial charge on any atom is 0.361 e. The maximum absolute atomic E-state index is 12.8. The van der Waals surface area contributed by atoms with Crippen LogP contribution in [0.25, 0.3) is 0 Å². The minimum Gasteiger partial charge on any atom is -0.477 e. The molecule has 0 aromatic heterocycles. The van der Waals surface area contributed by atoms with E-state index in [1.807, 2.05) is 21.1 Å². The Morgan fingerprint density at radius 2 is 0.750 bits per heavy atom. The zero-order valence-electron chi connectivity index (χ0n) is 45.8. The lowest BCUT2D eigenvalue weighted by Gasteiger charge is -2.25. The van der Waals surface area contributed by atoms with Gasteiger partial charge in [0.2, 0.25) is 0 Å². The first-order valence-electron chi connectivity index (χ1n) is 29.4. The molecule has 0 aliphatic carbocycles. The molecular formula is C59H114NO8+. The van der Waals surface area contributed by atoms with E-state index in [2.05, 4.69) is 26.0 Å². The van der Waals surface area contributed by atoms with Crippen LogP contribution in [-0.2, 0) is 33.3 Å². The van der Waals surface area contributed by atoms with Gasteiger partial charge in [-0.1, -0.05) is 251 Å². The molecule has 0 saturated carbocycles. The average molecular weight is 966 g/mol. The molecule has 9 nitrogen and oxygen atoms in total. The third-order valence-electron chi connectivity index (χ3n) is 13.3. The Bertz CT molecular complexity index is 1120. The highest BCUT2D eigenvalue weighted by Crippen LogP contribution is 2.18. The molecule has 2 unspecified atom stereocenters. The number of carboxylic acid groups (broad SMARTS) is 1. The minimum atomic E-state index is -1.50. The van der Waals surface area contributed by atoms with Crippen molar-refractivity contribution in [2.24, 2.45) is 0 Å². The second kappa shape index (κ2) is 51.4. The second-order valence-corrected chi connectivity index (χ2v) is 21.3. The van der Waals surface area contributed by atoms with E-state index in [4.69, 9.17) is 18.9 Å². The van der Waals surface area contributed by atoms with E-state index in [0.29, 0.717) is 17.4 Å². The summed E-state index contributed by atoms with van der Waals surface area (Å²) in [6.07, 6.45) is 56.6. The van der Waals surface area contributed by atoms with E-state index in [9.17, 15) is 19.5 Å². The number of likely N-dealkylation sites (N-methyl/N-ethyl adjacent to an activating group) is 1. The van der Waals surface area contributed by atoms with Crippen LogP contribution in [0.5, 0.6) is 0 Å². The molecule has 0 fully saturated rings. The highest BCUT2D eigenvalue weighted by molar-refractivity contribution is 5.71. The summed E-state index contributed by atoms with van der Waals surface area (Å²) in [6.45, 7) is 4.84. The largest absolute Gasteiger partial charge is 0.477 e. The van der Waals surface area contributed by atoms with Crippen LogP contribution in [0.1, 0.15) is 290 Å². The van der Waals surface area contributed by atoms with Crippen molar-refractivity contribution < 1.29 is 42.9 Å². The first-order valence-corrected chi connectivity index (χ1v) is 29.4. The normalized spacial score (nSPS) is 12.8. The fourth-order valence-corrected chi connectivity index (χ4v) is 8.72. The van der Waals surface area contributed by atoms with Gasteiger partial charge in [0.25, 0.3) is 6.29 Å². The van der Waals surface area contributed by atoms with Crippen LogP contribution in [0.2, 0.25) is 0 Å². The molecule has 0 aromatic carbocycles. The van der Waals surface area contributed by atoms with Crippen molar-refractivity contribution in [1.29, 1.82) is 0 Å². The Morgan fingerprint density at radius 1 is 0.426 bits per heavy atom. The van der Waals surface area contributed by atoms with Crippen molar-refractivity contribution in [2.45, 2.75) is 302 Å². The van der Waals surface area contributed by atoms with E-state index in [0.717, 1.165) is 38.5 Å². The van der Waals surface area contributed by atoms with Gasteiger partial charge in [-0.05, 0) is 38.5 Å². The summed E-state index contributed by atoms with van der Waals surface area (Å²) in [5.74, 6) is -2.00. The molecule has 0 rings (SSSR count). The summed E-state index contributed by atoms with van der Waals surface area (Å²) in [4.78, 5) is 37.0. The molecule has 9 heteroatoms. The smallest absolute Gasteiger partial charge is 0.361 e. The SMILES string of the molecule is CCCCCCCCCC/C=C\CCCCCCCCCCCCCCCCCCCCCCCCCCCC(=O)OC(COC(=O)CCCCCCCC)COC(OCC[N+](C)(C)C)C(=O)O. The van der Waals surface area contributed by atoms with Gasteiger partial charge in [-0.15, -0.1) is 0 Å². The van der Waals surface area contributed by atoms with Gasteiger partial charge in [-0.3, -0.25) is 9.59 Å². The number of allylic oxidation sites excluding steroid dienone is 2. The molecule has 0 spiro atoms. The lowest BCUT2D eigenvalue weighted by molar-refractivity contribution is -0.870. The van der Waals surface area contributed by atoms with E-state index in [1.165, 1.54) is 225 Å². The number of carboxylic acids is 1. The molecule has 0 saturated heterocycles. The molecule has 0 aromatic rings. The van der Waals surface area contributed by atoms with Crippen molar-refractivity contribution in [2.75, 3.05) is 47.5 Å². The Kier molecular flexibility index (Phi) is 49.9. The summed E-state index contributed by atoms with van der Waals surface area (Å²) in [7, 11) is 5.96. The first-order chi connectivity index (χ1) is 33.1. The van der Waals surface area contributed by atoms with Gasteiger partial charge < -0.3 is 28.5 Å². The molecule has 2 atom stereocenters. The number of rotatable bonds is 55.